The molecule has 2 heterocycles. The molecule has 0 aromatic carbocycles. The largest absolute Gasteiger partial charge is 0.481 e. The summed E-state index contributed by atoms with van der Waals surface area (Å²) in [5, 5.41) is 8.72. The predicted octanol–water partition coefficient (Wildman–Crippen LogP) is -0.853. The van der Waals surface area contributed by atoms with Crippen LogP contribution in [0.3, 0.4) is 0 Å². The third kappa shape index (κ3) is 1.55. The monoisotopic (exact) mass is 205 g/mol. The second-order valence-corrected chi connectivity index (χ2v) is 5.81. The second kappa shape index (κ2) is 2.68. The lowest BCUT2D eigenvalue weighted by Gasteiger charge is -2.09. The number of aliphatic carboxylic acids is 1. The van der Waals surface area contributed by atoms with E-state index < -0.39 is 15.8 Å². The highest BCUT2D eigenvalue weighted by molar-refractivity contribution is 7.91. The van der Waals surface area contributed by atoms with Crippen molar-refractivity contribution >= 4 is 15.8 Å². The first-order valence-corrected chi connectivity index (χ1v) is 5.97. The quantitative estimate of drug-likeness (QED) is 0.603. The molecule has 0 aromatic heterocycles. The van der Waals surface area contributed by atoms with Gasteiger partial charge < -0.3 is 5.11 Å². The van der Waals surface area contributed by atoms with Gasteiger partial charge in [0.2, 0.25) is 0 Å². The van der Waals surface area contributed by atoms with Gasteiger partial charge in [-0.2, -0.15) is 0 Å². The molecule has 13 heavy (non-hydrogen) atoms. The molecular weight excluding hydrogens is 194 g/mol. The zero-order chi connectivity index (χ0) is 9.64. The molecule has 2 rings (SSSR count). The van der Waals surface area contributed by atoms with Gasteiger partial charge >= 0.3 is 5.97 Å². The molecule has 2 saturated heterocycles. The summed E-state index contributed by atoms with van der Waals surface area (Å²) in [4.78, 5) is 12.4. The van der Waals surface area contributed by atoms with Crippen LogP contribution in [-0.2, 0) is 14.6 Å². The maximum Gasteiger partial charge on any atom is 0.307 e. The summed E-state index contributed by atoms with van der Waals surface area (Å²) in [5.41, 5.74) is 0. The fourth-order valence-electron chi connectivity index (χ4n) is 2.09. The Kier molecular flexibility index (Phi) is 1.85. The van der Waals surface area contributed by atoms with Gasteiger partial charge in [0, 0.05) is 12.6 Å². The lowest BCUT2D eigenvalue weighted by molar-refractivity contribution is -0.141. The van der Waals surface area contributed by atoms with Crippen molar-refractivity contribution in [3.05, 3.63) is 0 Å². The van der Waals surface area contributed by atoms with Gasteiger partial charge in [0.05, 0.1) is 11.7 Å². The van der Waals surface area contributed by atoms with E-state index in [-0.39, 0.29) is 23.6 Å². The SMILES string of the molecule is O=C(O)[C@@H]1C[C@H]2CS(=O)(=O)CN2C1. The van der Waals surface area contributed by atoms with E-state index in [1.165, 1.54) is 0 Å². The smallest absolute Gasteiger partial charge is 0.307 e. The molecular formula is C7H11NO4S. The summed E-state index contributed by atoms with van der Waals surface area (Å²) in [6.45, 7) is 0.388. The number of fused-ring (bicyclic) bond motifs is 1. The minimum absolute atomic E-state index is 0.0431. The van der Waals surface area contributed by atoms with Crippen LogP contribution >= 0.6 is 0 Å². The summed E-state index contributed by atoms with van der Waals surface area (Å²) >= 11 is 0. The average molecular weight is 205 g/mol. The molecule has 2 aliphatic heterocycles. The minimum Gasteiger partial charge on any atom is -0.481 e. The number of hydrogen-bond acceptors (Lipinski definition) is 4. The Balaban J connectivity index is 2.09. The van der Waals surface area contributed by atoms with Gasteiger partial charge in [-0.3, -0.25) is 9.69 Å². The number of hydrogen-bond donors (Lipinski definition) is 1. The third-order valence-corrected chi connectivity index (χ3v) is 4.30. The highest BCUT2D eigenvalue weighted by atomic mass is 32.2. The van der Waals surface area contributed by atoms with Crippen molar-refractivity contribution in [3.63, 3.8) is 0 Å². The molecule has 1 N–H and O–H groups in total. The van der Waals surface area contributed by atoms with Crippen molar-refractivity contribution < 1.29 is 18.3 Å². The van der Waals surface area contributed by atoms with E-state index in [0.717, 1.165) is 0 Å². The summed E-state index contributed by atoms with van der Waals surface area (Å²) in [7, 11) is -2.92. The molecule has 74 valence electrons. The Morgan fingerprint density at radius 3 is 2.69 bits per heavy atom. The van der Waals surface area contributed by atoms with Crippen LogP contribution in [0.15, 0.2) is 0 Å². The summed E-state index contributed by atoms with van der Waals surface area (Å²) < 4.78 is 22.3. The van der Waals surface area contributed by atoms with Crippen LogP contribution in [0.4, 0.5) is 0 Å². The fraction of sp³-hybridized carbons (Fsp3) is 0.857. The van der Waals surface area contributed by atoms with Crippen molar-refractivity contribution in [2.24, 2.45) is 5.92 Å². The molecule has 0 radical (unpaired) electrons. The van der Waals surface area contributed by atoms with E-state index in [9.17, 15) is 13.2 Å². The Morgan fingerprint density at radius 2 is 2.15 bits per heavy atom. The fourth-order valence-corrected chi connectivity index (χ4v) is 3.95. The van der Waals surface area contributed by atoms with E-state index in [1.54, 1.807) is 4.90 Å². The lowest BCUT2D eigenvalue weighted by Crippen LogP contribution is -2.25. The zero-order valence-corrected chi connectivity index (χ0v) is 7.83. The first-order chi connectivity index (χ1) is 5.98. The maximum atomic E-state index is 11.1. The predicted molar refractivity (Wildman–Crippen MR) is 44.9 cm³/mol. The van der Waals surface area contributed by atoms with Crippen LogP contribution in [0, 0.1) is 5.92 Å². The van der Waals surface area contributed by atoms with Gasteiger partial charge in [0.15, 0.2) is 9.84 Å². The van der Waals surface area contributed by atoms with E-state index in [1.807, 2.05) is 0 Å². The van der Waals surface area contributed by atoms with Crippen LogP contribution in [-0.4, -0.2) is 48.6 Å². The van der Waals surface area contributed by atoms with Crippen molar-refractivity contribution in [3.8, 4) is 0 Å². The molecule has 2 atom stereocenters. The van der Waals surface area contributed by atoms with Crippen LogP contribution in [0.5, 0.6) is 0 Å². The second-order valence-electron chi connectivity index (χ2n) is 3.74. The molecule has 0 spiro atoms. The van der Waals surface area contributed by atoms with Gasteiger partial charge in [-0.25, -0.2) is 8.42 Å². The Labute approximate surface area is 76.3 Å². The van der Waals surface area contributed by atoms with Crippen molar-refractivity contribution in [1.82, 2.24) is 4.90 Å². The molecule has 0 amide bonds. The maximum absolute atomic E-state index is 11.1. The van der Waals surface area contributed by atoms with E-state index in [4.69, 9.17) is 5.11 Å². The molecule has 6 heteroatoms. The number of rotatable bonds is 1. The minimum atomic E-state index is -2.92. The standard InChI is InChI=1S/C7H11NO4S/c9-7(10)5-1-6-3-13(11,12)4-8(6)2-5/h5-6H,1-4H2,(H,9,10)/t5-,6+/m1/s1. The third-order valence-electron chi connectivity index (χ3n) is 2.69. The molecule has 0 saturated carbocycles. The number of sulfone groups is 1. The van der Waals surface area contributed by atoms with Crippen LogP contribution in [0.2, 0.25) is 0 Å². The molecule has 0 bridgehead atoms. The number of carboxylic acids is 1. The van der Waals surface area contributed by atoms with Gasteiger partial charge in [-0.1, -0.05) is 0 Å². The molecule has 0 unspecified atom stereocenters. The molecule has 2 aliphatic rings. The van der Waals surface area contributed by atoms with Gasteiger partial charge in [-0.15, -0.1) is 0 Å². The Bertz CT molecular complexity index is 316. The molecule has 5 nitrogen and oxygen atoms in total. The number of carbonyl (C=O) groups is 1. The molecule has 0 aromatic rings. The Morgan fingerprint density at radius 1 is 1.46 bits per heavy atom. The summed E-state index contributed by atoms with van der Waals surface area (Å²) in [6, 6.07) is -0.0499. The molecule has 2 fully saturated rings. The first-order valence-electron chi connectivity index (χ1n) is 4.15. The molecule has 0 aliphatic carbocycles. The van der Waals surface area contributed by atoms with Crippen molar-refractivity contribution in [1.29, 1.82) is 0 Å². The zero-order valence-electron chi connectivity index (χ0n) is 7.01. The topological polar surface area (TPSA) is 74.7 Å². The summed E-state index contributed by atoms with van der Waals surface area (Å²) in [5.74, 6) is -1.01. The van der Waals surface area contributed by atoms with Gasteiger partial charge in [0.1, 0.15) is 5.88 Å². The first kappa shape index (κ1) is 8.96. The lowest BCUT2D eigenvalue weighted by atomic mass is 10.1. The van der Waals surface area contributed by atoms with Gasteiger partial charge in [-0.05, 0) is 6.42 Å². The van der Waals surface area contributed by atoms with Gasteiger partial charge in [0.25, 0.3) is 0 Å². The average Bonchev–Trinajstić information content (AvgIpc) is 2.39. The number of nitrogens with zero attached hydrogens (tertiary/aromatic N) is 1. The van der Waals surface area contributed by atoms with Crippen LogP contribution < -0.4 is 0 Å². The normalized spacial score (nSPS) is 37.5. The summed E-state index contributed by atoms with van der Waals surface area (Å²) in [6.07, 6.45) is 0.481. The van der Waals surface area contributed by atoms with E-state index >= 15 is 0 Å². The van der Waals surface area contributed by atoms with E-state index in [2.05, 4.69) is 0 Å². The number of carboxylic acid groups (broad SMARTS) is 1. The van der Waals surface area contributed by atoms with Crippen molar-refractivity contribution in [2.45, 2.75) is 12.5 Å². The Hall–Kier alpha value is -0.620. The van der Waals surface area contributed by atoms with E-state index in [0.29, 0.717) is 13.0 Å². The van der Waals surface area contributed by atoms with Crippen molar-refractivity contribution in [2.75, 3.05) is 18.2 Å². The highest BCUT2D eigenvalue weighted by Crippen LogP contribution is 2.29. The van der Waals surface area contributed by atoms with Crippen LogP contribution in [0.1, 0.15) is 6.42 Å². The van der Waals surface area contributed by atoms with Crippen LogP contribution in [0.25, 0.3) is 0 Å². The highest BCUT2D eigenvalue weighted by Gasteiger charge is 2.44.